The Labute approximate surface area is 128 Å². The molecule has 1 saturated heterocycles. The molecule has 1 aromatic rings. The highest BCUT2D eigenvalue weighted by Crippen LogP contribution is 2.33. The Balaban J connectivity index is 2.25. The first-order valence-corrected chi connectivity index (χ1v) is 7.55. The minimum atomic E-state index is -0.0297. The van der Waals surface area contributed by atoms with Gasteiger partial charge in [-0.1, -0.05) is 24.0 Å². The summed E-state index contributed by atoms with van der Waals surface area (Å²) < 4.78 is 7.72. The van der Waals surface area contributed by atoms with E-state index >= 15 is 0 Å². The number of thiocarbonyl (C=S) groups is 1. The van der Waals surface area contributed by atoms with Crippen molar-refractivity contribution in [1.82, 2.24) is 9.47 Å². The maximum absolute atomic E-state index is 12.3. The molecule has 2 rings (SSSR count). The first kappa shape index (κ1) is 15.3. The van der Waals surface area contributed by atoms with Crippen LogP contribution in [0.1, 0.15) is 17.0 Å². The topological polar surface area (TPSA) is 34.5 Å². The van der Waals surface area contributed by atoms with E-state index in [1.54, 1.807) is 12.0 Å². The second kappa shape index (κ2) is 6.11. The van der Waals surface area contributed by atoms with Crippen LogP contribution in [0.15, 0.2) is 11.0 Å². The summed E-state index contributed by atoms with van der Waals surface area (Å²) in [5.74, 6) is -0.0297. The van der Waals surface area contributed by atoms with Crippen molar-refractivity contribution in [3.8, 4) is 0 Å². The molecule has 0 spiro atoms. The van der Waals surface area contributed by atoms with Crippen LogP contribution in [-0.2, 0) is 16.6 Å². The summed E-state index contributed by atoms with van der Waals surface area (Å²) in [5, 5.41) is 0. The Morgan fingerprint density at radius 3 is 2.70 bits per heavy atom. The monoisotopic (exact) mass is 310 g/mol. The van der Waals surface area contributed by atoms with Crippen molar-refractivity contribution in [3.63, 3.8) is 0 Å². The van der Waals surface area contributed by atoms with Crippen molar-refractivity contribution in [2.45, 2.75) is 13.8 Å². The zero-order chi connectivity index (χ0) is 14.9. The van der Waals surface area contributed by atoms with Gasteiger partial charge in [-0.3, -0.25) is 9.69 Å². The Hall–Kier alpha value is -1.11. The molecule has 1 amide bonds. The Morgan fingerprint density at radius 2 is 2.15 bits per heavy atom. The van der Waals surface area contributed by atoms with Gasteiger partial charge >= 0.3 is 0 Å². The first-order chi connectivity index (χ1) is 9.45. The van der Waals surface area contributed by atoms with E-state index in [1.165, 1.54) is 17.5 Å². The Morgan fingerprint density at radius 1 is 1.45 bits per heavy atom. The van der Waals surface area contributed by atoms with Gasteiger partial charge in [-0.2, -0.15) is 0 Å². The fourth-order valence-electron chi connectivity index (χ4n) is 2.05. The highest BCUT2D eigenvalue weighted by atomic mass is 32.2. The van der Waals surface area contributed by atoms with Gasteiger partial charge in [-0.15, -0.1) is 0 Å². The summed E-state index contributed by atoms with van der Waals surface area (Å²) in [6.07, 6.45) is 1.93. The van der Waals surface area contributed by atoms with Crippen molar-refractivity contribution in [3.05, 3.63) is 27.9 Å². The lowest BCUT2D eigenvalue weighted by Crippen LogP contribution is -2.31. The predicted octanol–water partition coefficient (Wildman–Crippen LogP) is 2.49. The smallest absolute Gasteiger partial charge is 0.266 e. The normalized spacial score (nSPS) is 17.6. The van der Waals surface area contributed by atoms with E-state index in [2.05, 4.69) is 10.6 Å². The number of carbonyl (C=O) groups is 1. The predicted molar refractivity (Wildman–Crippen MR) is 86.6 cm³/mol. The Kier molecular flexibility index (Phi) is 4.67. The zero-order valence-corrected chi connectivity index (χ0v) is 13.7. The number of nitrogens with zero attached hydrogens (tertiary/aromatic N) is 2. The molecule has 108 valence electrons. The number of ether oxygens (including phenoxy) is 1. The van der Waals surface area contributed by atoms with Crippen molar-refractivity contribution >= 4 is 40.3 Å². The van der Waals surface area contributed by atoms with Crippen LogP contribution < -0.4 is 0 Å². The fourth-order valence-corrected chi connectivity index (χ4v) is 3.35. The van der Waals surface area contributed by atoms with Crippen molar-refractivity contribution in [2.75, 3.05) is 20.3 Å². The van der Waals surface area contributed by atoms with Gasteiger partial charge in [0.1, 0.15) is 4.32 Å². The molecule has 1 aliphatic heterocycles. The molecule has 20 heavy (non-hydrogen) atoms. The molecule has 1 fully saturated rings. The number of thioether (sulfide) groups is 1. The van der Waals surface area contributed by atoms with Crippen LogP contribution in [-0.4, -0.2) is 40.0 Å². The molecular formula is C14H18N2O2S2. The van der Waals surface area contributed by atoms with Crippen LogP contribution in [0, 0.1) is 13.8 Å². The lowest BCUT2D eigenvalue weighted by Gasteiger charge is -2.12. The SMILES string of the molecule is COCCN1C(=O)/C(=C/c2cc(C)n(C)c2C)SC1=S. The van der Waals surface area contributed by atoms with Gasteiger partial charge in [-0.05, 0) is 31.6 Å². The molecule has 1 aromatic heterocycles. The largest absolute Gasteiger partial charge is 0.383 e. The number of hydrogen-bond acceptors (Lipinski definition) is 4. The number of aromatic nitrogens is 1. The second-order valence-corrected chi connectivity index (χ2v) is 6.39. The molecule has 0 saturated carbocycles. The van der Waals surface area contributed by atoms with Gasteiger partial charge in [0.2, 0.25) is 0 Å². The van der Waals surface area contributed by atoms with E-state index in [9.17, 15) is 4.79 Å². The second-order valence-electron chi connectivity index (χ2n) is 4.71. The number of amides is 1. The summed E-state index contributed by atoms with van der Waals surface area (Å²) in [4.78, 5) is 14.6. The number of methoxy groups -OCH3 is 1. The van der Waals surface area contributed by atoms with E-state index in [1.807, 2.05) is 27.0 Å². The average molecular weight is 310 g/mol. The maximum atomic E-state index is 12.3. The molecule has 0 bridgehead atoms. The van der Waals surface area contributed by atoms with Gasteiger partial charge in [-0.25, -0.2) is 0 Å². The van der Waals surface area contributed by atoms with Crippen molar-refractivity contribution < 1.29 is 9.53 Å². The third kappa shape index (κ3) is 2.82. The molecule has 0 N–H and O–H groups in total. The number of rotatable bonds is 4. The van der Waals surface area contributed by atoms with Gasteiger partial charge in [0.15, 0.2) is 0 Å². The molecule has 0 unspecified atom stereocenters. The van der Waals surface area contributed by atoms with Gasteiger partial charge in [0.05, 0.1) is 18.1 Å². The summed E-state index contributed by atoms with van der Waals surface area (Å²) >= 11 is 6.61. The molecule has 1 aliphatic rings. The van der Waals surface area contributed by atoms with Crippen LogP contribution in [0.5, 0.6) is 0 Å². The van der Waals surface area contributed by atoms with Gasteiger partial charge in [0, 0.05) is 25.5 Å². The minimum absolute atomic E-state index is 0.0297. The fraction of sp³-hybridized carbons (Fsp3) is 0.429. The van der Waals surface area contributed by atoms with E-state index in [-0.39, 0.29) is 5.91 Å². The van der Waals surface area contributed by atoms with Crippen LogP contribution in [0.25, 0.3) is 6.08 Å². The van der Waals surface area contributed by atoms with E-state index in [0.717, 1.165) is 11.3 Å². The summed E-state index contributed by atoms with van der Waals surface area (Å²) in [5.41, 5.74) is 3.38. The van der Waals surface area contributed by atoms with E-state index in [4.69, 9.17) is 17.0 Å². The van der Waals surface area contributed by atoms with Crippen molar-refractivity contribution in [1.29, 1.82) is 0 Å². The molecule has 4 nitrogen and oxygen atoms in total. The van der Waals surface area contributed by atoms with Gasteiger partial charge in [0.25, 0.3) is 5.91 Å². The highest BCUT2D eigenvalue weighted by Gasteiger charge is 2.31. The van der Waals surface area contributed by atoms with Crippen LogP contribution in [0.3, 0.4) is 0 Å². The highest BCUT2D eigenvalue weighted by molar-refractivity contribution is 8.26. The third-order valence-electron chi connectivity index (χ3n) is 3.49. The quantitative estimate of drug-likeness (QED) is 0.632. The third-order valence-corrected chi connectivity index (χ3v) is 4.87. The molecular weight excluding hydrogens is 292 g/mol. The summed E-state index contributed by atoms with van der Waals surface area (Å²) in [6.45, 7) is 5.09. The number of carbonyl (C=O) groups excluding carboxylic acids is 1. The van der Waals surface area contributed by atoms with E-state index in [0.29, 0.717) is 22.4 Å². The minimum Gasteiger partial charge on any atom is -0.383 e. The summed E-state index contributed by atoms with van der Waals surface area (Å²) in [6, 6.07) is 2.08. The lowest BCUT2D eigenvalue weighted by molar-refractivity contribution is -0.122. The van der Waals surface area contributed by atoms with Crippen molar-refractivity contribution in [2.24, 2.45) is 7.05 Å². The zero-order valence-electron chi connectivity index (χ0n) is 12.1. The molecule has 6 heteroatoms. The summed E-state index contributed by atoms with van der Waals surface area (Å²) in [7, 11) is 3.63. The molecule has 0 radical (unpaired) electrons. The molecule has 0 aromatic carbocycles. The molecule has 2 heterocycles. The van der Waals surface area contributed by atoms with Crippen LogP contribution in [0.2, 0.25) is 0 Å². The lowest BCUT2D eigenvalue weighted by atomic mass is 10.2. The molecule has 0 atom stereocenters. The first-order valence-electron chi connectivity index (χ1n) is 6.33. The number of hydrogen-bond donors (Lipinski definition) is 0. The maximum Gasteiger partial charge on any atom is 0.266 e. The van der Waals surface area contributed by atoms with E-state index < -0.39 is 0 Å². The van der Waals surface area contributed by atoms with Crippen LogP contribution in [0.4, 0.5) is 0 Å². The average Bonchev–Trinajstić information content (AvgIpc) is 2.81. The Bertz CT molecular complexity index is 590. The standard InChI is InChI=1S/C14H18N2O2S2/c1-9-7-11(10(2)15(9)3)8-12-13(17)16(5-6-18-4)14(19)20-12/h7-8H,5-6H2,1-4H3/b12-8-. The van der Waals surface area contributed by atoms with Crippen LogP contribution >= 0.6 is 24.0 Å². The number of aryl methyl sites for hydroxylation is 1. The van der Waals surface area contributed by atoms with Gasteiger partial charge < -0.3 is 9.30 Å². The molecule has 0 aliphatic carbocycles.